The van der Waals surface area contributed by atoms with Crippen molar-refractivity contribution < 1.29 is 19.0 Å². The van der Waals surface area contributed by atoms with Gasteiger partial charge in [0.05, 0.1) is 35.3 Å². The molecule has 0 radical (unpaired) electrons. The first-order valence-corrected chi connectivity index (χ1v) is 8.53. The van der Waals surface area contributed by atoms with Crippen molar-refractivity contribution in [3.63, 3.8) is 0 Å². The number of aromatic nitrogens is 1. The molecule has 0 bridgehead atoms. The molecule has 1 aromatic heterocycles. The van der Waals surface area contributed by atoms with Gasteiger partial charge >= 0.3 is 5.97 Å². The smallest absolute Gasteiger partial charge is 0.341 e. The van der Waals surface area contributed by atoms with Crippen LogP contribution in [-0.2, 0) is 0 Å². The van der Waals surface area contributed by atoms with Crippen LogP contribution >= 0.6 is 0 Å². The van der Waals surface area contributed by atoms with Crippen molar-refractivity contribution in [1.82, 2.24) is 9.58 Å². The van der Waals surface area contributed by atoms with Crippen molar-refractivity contribution in [2.45, 2.75) is 13.0 Å². The van der Waals surface area contributed by atoms with E-state index in [1.54, 1.807) is 9.47 Å². The summed E-state index contributed by atoms with van der Waals surface area (Å²) in [5.74, 6) is -1.79. The molecule has 2 aliphatic rings. The normalized spacial score (nSPS) is 19.1. The lowest BCUT2D eigenvalue weighted by molar-refractivity contribution is 0.0694. The number of rotatable bonds is 3. The first-order chi connectivity index (χ1) is 12.9. The van der Waals surface area contributed by atoms with E-state index in [9.17, 15) is 24.0 Å². The van der Waals surface area contributed by atoms with Crippen LogP contribution in [-0.4, -0.2) is 53.4 Å². The molecule has 0 saturated carbocycles. The second kappa shape index (κ2) is 6.22. The highest BCUT2D eigenvalue weighted by atomic mass is 19.1. The molecule has 27 heavy (non-hydrogen) atoms. The average Bonchev–Trinajstić information content (AvgIpc) is 2.66. The van der Waals surface area contributed by atoms with Crippen molar-refractivity contribution in [2.75, 3.05) is 37.7 Å². The molecule has 2 aliphatic heterocycles. The molecule has 2 aromatic rings. The minimum atomic E-state index is -1.35. The van der Waals surface area contributed by atoms with Crippen LogP contribution in [0.1, 0.15) is 23.3 Å². The summed E-state index contributed by atoms with van der Waals surface area (Å²) in [4.78, 5) is 36.4. The third kappa shape index (κ3) is 2.59. The Morgan fingerprint density at radius 3 is 2.67 bits per heavy atom. The molecule has 1 fully saturated rings. The Labute approximate surface area is 152 Å². The maximum absolute atomic E-state index is 15.0. The van der Waals surface area contributed by atoms with E-state index >= 15 is 0 Å². The molecule has 0 amide bonds. The van der Waals surface area contributed by atoms with Crippen LogP contribution in [0.15, 0.2) is 22.3 Å². The van der Waals surface area contributed by atoms with Gasteiger partial charge in [-0.25, -0.2) is 9.18 Å². The number of pyridine rings is 1. The van der Waals surface area contributed by atoms with Gasteiger partial charge in [0, 0.05) is 19.3 Å². The van der Waals surface area contributed by atoms with Gasteiger partial charge in [0.1, 0.15) is 17.9 Å². The number of nitrogens with zero attached hydrogens (tertiary/aromatic N) is 4. The Morgan fingerprint density at radius 2 is 2.04 bits per heavy atom. The lowest BCUT2D eigenvalue weighted by Crippen LogP contribution is -2.44. The van der Waals surface area contributed by atoms with Crippen LogP contribution in [0, 0.1) is 10.7 Å². The number of ether oxygens (including phenoxy) is 1. The Bertz CT molecular complexity index is 1010. The zero-order valence-corrected chi connectivity index (χ0v) is 14.5. The highest BCUT2D eigenvalue weighted by molar-refractivity contribution is 5.97. The van der Waals surface area contributed by atoms with Crippen LogP contribution in [0.5, 0.6) is 5.75 Å². The monoisotopic (exact) mass is 376 g/mol. The number of aromatic carboxylic acids is 1. The summed E-state index contributed by atoms with van der Waals surface area (Å²) in [6.07, 6.45) is 1.29. The summed E-state index contributed by atoms with van der Waals surface area (Å²) in [6, 6.07) is 0.860. The largest absolute Gasteiger partial charge is 0.487 e. The summed E-state index contributed by atoms with van der Waals surface area (Å²) in [5.41, 5.74) is -0.541. The van der Waals surface area contributed by atoms with Crippen molar-refractivity contribution in [3.8, 4) is 5.75 Å². The van der Waals surface area contributed by atoms with Crippen LogP contribution in [0.4, 0.5) is 10.1 Å². The summed E-state index contributed by atoms with van der Waals surface area (Å²) < 4.78 is 22.4. The number of hydrogen-bond donors (Lipinski definition) is 1. The predicted octanol–water partition coefficient (Wildman–Crippen LogP) is 1.60. The maximum Gasteiger partial charge on any atom is 0.341 e. The van der Waals surface area contributed by atoms with Gasteiger partial charge in [-0.2, -0.15) is 0 Å². The van der Waals surface area contributed by atoms with E-state index in [-0.39, 0.29) is 29.5 Å². The highest BCUT2D eigenvalue weighted by Gasteiger charge is 2.31. The third-order valence-electron chi connectivity index (χ3n) is 5.06. The SMILES string of the molecule is C[C@H]1COc2c(N3CCN(N=O)CC3)c(F)cc3c(=O)c(C(=O)O)cn1c23. The summed E-state index contributed by atoms with van der Waals surface area (Å²) in [5, 5.41) is 13.5. The average molecular weight is 376 g/mol. The molecule has 1 atom stereocenters. The number of nitroso groups, excluding NO2 is 1. The number of anilines is 1. The van der Waals surface area contributed by atoms with E-state index in [1.807, 2.05) is 6.92 Å². The molecule has 10 heteroatoms. The molecule has 0 aliphatic carbocycles. The summed E-state index contributed by atoms with van der Waals surface area (Å²) in [7, 11) is 0. The van der Waals surface area contributed by atoms with E-state index in [0.29, 0.717) is 31.7 Å². The Balaban J connectivity index is 1.95. The third-order valence-corrected chi connectivity index (χ3v) is 5.06. The predicted molar refractivity (Wildman–Crippen MR) is 94.9 cm³/mol. The van der Waals surface area contributed by atoms with Crippen LogP contribution in [0.25, 0.3) is 10.9 Å². The molecule has 4 rings (SSSR count). The van der Waals surface area contributed by atoms with Gasteiger partial charge in [0.2, 0.25) is 5.43 Å². The van der Waals surface area contributed by atoms with Gasteiger partial charge in [-0.15, -0.1) is 4.91 Å². The van der Waals surface area contributed by atoms with Crippen LogP contribution < -0.4 is 15.1 Å². The molecule has 9 nitrogen and oxygen atoms in total. The maximum atomic E-state index is 15.0. The molecule has 1 aromatic carbocycles. The number of carboxylic acids is 1. The number of benzene rings is 1. The van der Waals surface area contributed by atoms with Gasteiger partial charge < -0.3 is 19.3 Å². The molecule has 1 N–H and O–H groups in total. The van der Waals surface area contributed by atoms with Gasteiger partial charge in [-0.1, -0.05) is 0 Å². The van der Waals surface area contributed by atoms with Gasteiger partial charge in [0.15, 0.2) is 11.6 Å². The van der Waals surface area contributed by atoms with Crippen molar-refractivity contribution in [1.29, 1.82) is 0 Å². The second-order valence-corrected chi connectivity index (χ2v) is 6.70. The fourth-order valence-electron chi connectivity index (χ4n) is 3.66. The number of halogens is 1. The molecule has 142 valence electrons. The molecule has 1 saturated heterocycles. The van der Waals surface area contributed by atoms with E-state index < -0.39 is 22.8 Å². The summed E-state index contributed by atoms with van der Waals surface area (Å²) >= 11 is 0. The Kier molecular flexibility index (Phi) is 3.97. The molecular weight excluding hydrogens is 359 g/mol. The van der Waals surface area contributed by atoms with E-state index in [4.69, 9.17) is 4.74 Å². The van der Waals surface area contributed by atoms with Gasteiger partial charge in [0.25, 0.3) is 0 Å². The molecular formula is C17H17FN4O5. The van der Waals surface area contributed by atoms with Crippen molar-refractivity contribution in [2.24, 2.45) is 5.29 Å². The van der Waals surface area contributed by atoms with Gasteiger partial charge in [-0.3, -0.25) is 9.80 Å². The summed E-state index contributed by atoms with van der Waals surface area (Å²) in [6.45, 7) is 3.49. The van der Waals surface area contributed by atoms with Crippen LogP contribution in [0.3, 0.4) is 0 Å². The van der Waals surface area contributed by atoms with Crippen molar-refractivity contribution in [3.05, 3.63) is 38.8 Å². The van der Waals surface area contributed by atoms with Gasteiger partial charge in [-0.05, 0) is 13.0 Å². The molecule has 0 spiro atoms. The first-order valence-electron chi connectivity index (χ1n) is 8.53. The minimum absolute atomic E-state index is 0.0223. The van der Waals surface area contributed by atoms with E-state index in [0.717, 1.165) is 6.07 Å². The van der Waals surface area contributed by atoms with E-state index in [2.05, 4.69) is 5.29 Å². The highest BCUT2D eigenvalue weighted by Crippen LogP contribution is 2.42. The number of hydrogen-bond acceptors (Lipinski definition) is 6. The Morgan fingerprint density at radius 1 is 1.33 bits per heavy atom. The van der Waals surface area contributed by atoms with E-state index in [1.165, 1.54) is 11.2 Å². The first kappa shape index (κ1) is 17.3. The number of carboxylic acid groups (broad SMARTS) is 1. The van der Waals surface area contributed by atoms with Crippen LogP contribution in [0.2, 0.25) is 0 Å². The lowest BCUT2D eigenvalue weighted by atomic mass is 10.1. The minimum Gasteiger partial charge on any atom is -0.487 e. The second-order valence-electron chi connectivity index (χ2n) is 6.70. The quantitative estimate of drug-likeness (QED) is 0.811. The standard InChI is InChI=1S/C17H17FN4O5/c1-9-8-27-16-13-10(15(23)11(17(24)25)7-22(9)13)6-12(18)14(16)20-2-4-21(19-26)5-3-20/h6-7,9H,2-5,8H2,1H3,(H,24,25)/t9-/m0/s1. The molecule has 0 unspecified atom stereocenters. The molecule has 3 heterocycles. The fraction of sp³-hybridized carbons (Fsp3) is 0.412. The number of piperazine rings is 1. The number of carbonyl (C=O) groups is 1. The fourth-order valence-corrected chi connectivity index (χ4v) is 3.66. The topological polar surface area (TPSA) is 104 Å². The zero-order valence-electron chi connectivity index (χ0n) is 14.5. The zero-order chi connectivity index (χ0) is 19.3. The Hall–Kier alpha value is -3.17. The van der Waals surface area contributed by atoms with Crippen molar-refractivity contribution >= 4 is 22.6 Å². The lowest BCUT2D eigenvalue weighted by Gasteiger charge is -2.36.